The van der Waals surface area contributed by atoms with Gasteiger partial charge in [-0.3, -0.25) is 9.69 Å². The number of furan rings is 1. The minimum atomic E-state index is 0.166. The number of carbonyl (C=O) groups is 1. The summed E-state index contributed by atoms with van der Waals surface area (Å²) >= 11 is 1.79. The van der Waals surface area contributed by atoms with E-state index < -0.39 is 0 Å². The zero-order valence-electron chi connectivity index (χ0n) is 14.8. The summed E-state index contributed by atoms with van der Waals surface area (Å²) in [7, 11) is 1.63. The molecule has 0 spiro atoms. The quantitative estimate of drug-likeness (QED) is 0.691. The molecular weight excluding hydrogens is 348 g/mol. The van der Waals surface area contributed by atoms with Gasteiger partial charge in [0.15, 0.2) is 0 Å². The molecule has 4 rings (SSSR count). The van der Waals surface area contributed by atoms with Crippen LogP contribution in [0.2, 0.25) is 0 Å². The standard InChI is InChI=1S/C20H22N2O3S/c1-24-16-4-5-18-15(14-25-19(18)12-16)11-20(23)22-8-6-21(7-9-22)13-17-3-2-10-26-17/h2-5,10,12,14H,6-9,11,13H2,1H3. The fraction of sp³-hybridized carbons (Fsp3) is 0.350. The molecule has 1 aliphatic rings. The van der Waals surface area contributed by atoms with Crippen molar-refractivity contribution in [2.45, 2.75) is 13.0 Å². The van der Waals surface area contributed by atoms with Crippen LogP contribution in [0.5, 0.6) is 5.75 Å². The third kappa shape index (κ3) is 3.61. The summed E-state index contributed by atoms with van der Waals surface area (Å²) in [5.41, 5.74) is 1.70. The second kappa shape index (κ2) is 7.51. The Bertz CT molecular complexity index is 880. The van der Waals surface area contributed by atoms with Crippen LogP contribution in [0.3, 0.4) is 0 Å². The predicted octanol–water partition coefficient (Wildman–Crippen LogP) is 3.39. The first-order chi connectivity index (χ1) is 12.7. The van der Waals surface area contributed by atoms with E-state index in [0.29, 0.717) is 6.42 Å². The van der Waals surface area contributed by atoms with Crippen LogP contribution in [-0.4, -0.2) is 49.0 Å². The molecule has 0 bridgehead atoms. The Morgan fingerprint density at radius 3 is 2.81 bits per heavy atom. The topological polar surface area (TPSA) is 45.9 Å². The lowest BCUT2D eigenvalue weighted by Crippen LogP contribution is -2.48. The molecule has 3 heterocycles. The van der Waals surface area contributed by atoms with Gasteiger partial charge in [0.2, 0.25) is 5.91 Å². The molecule has 0 radical (unpaired) electrons. The average Bonchev–Trinajstić information content (AvgIpc) is 3.32. The van der Waals surface area contributed by atoms with Gasteiger partial charge in [-0.25, -0.2) is 0 Å². The molecule has 6 heteroatoms. The minimum Gasteiger partial charge on any atom is -0.497 e. The first kappa shape index (κ1) is 17.1. The predicted molar refractivity (Wildman–Crippen MR) is 103 cm³/mol. The summed E-state index contributed by atoms with van der Waals surface area (Å²) in [6.45, 7) is 4.40. The molecule has 2 aromatic heterocycles. The fourth-order valence-electron chi connectivity index (χ4n) is 3.38. The van der Waals surface area contributed by atoms with Gasteiger partial charge in [-0.05, 0) is 23.6 Å². The largest absolute Gasteiger partial charge is 0.497 e. The third-order valence-electron chi connectivity index (χ3n) is 4.89. The highest BCUT2D eigenvalue weighted by Crippen LogP contribution is 2.26. The summed E-state index contributed by atoms with van der Waals surface area (Å²) < 4.78 is 10.8. The van der Waals surface area contributed by atoms with E-state index in [9.17, 15) is 4.79 Å². The number of carbonyl (C=O) groups excluding carboxylic acids is 1. The Morgan fingerprint density at radius 2 is 2.08 bits per heavy atom. The van der Waals surface area contributed by atoms with Crippen molar-refractivity contribution in [3.05, 3.63) is 52.4 Å². The van der Waals surface area contributed by atoms with Gasteiger partial charge in [-0.2, -0.15) is 0 Å². The monoisotopic (exact) mass is 370 g/mol. The summed E-state index contributed by atoms with van der Waals surface area (Å²) in [5.74, 6) is 0.922. The lowest BCUT2D eigenvalue weighted by molar-refractivity contribution is -0.132. The van der Waals surface area contributed by atoms with Gasteiger partial charge in [-0.15, -0.1) is 11.3 Å². The molecule has 0 aliphatic carbocycles. The molecule has 1 aliphatic heterocycles. The number of piperazine rings is 1. The molecule has 5 nitrogen and oxygen atoms in total. The van der Waals surface area contributed by atoms with Gasteiger partial charge >= 0.3 is 0 Å². The van der Waals surface area contributed by atoms with E-state index >= 15 is 0 Å². The van der Waals surface area contributed by atoms with Crippen LogP contribution in [0.15, 0.2) is 46.4 Å². The number of hydrogen-bond donors (Lipinski definition) is 0. The summed E-state index contributed by atoms with van der Waals surface area (Å²) in [6, 6.07) is 9.97. The van der Waals surface area contributed by atoms with Crippen LogP contribution in [0.4, 0.5) is 0 Å². The van der Waals surface area contributed by atoms with Gasteiger partial charge in [0.1, 0.15) is 11.3 Å². The van der Waals surface area contributed by atoms with Crippen LogP contribution in [0.1, 0.15) is 10.4 Å². The molecule has 0 atom stereocenters. The molecule has 0 saturated carbocycles. The number of thiophene rings is 1. The van der Waals surface area contributed by atoms with Crippen molar-refractivity contribution in [2.24, 2.45) is 0 Å². The molecule has 26 heavy (non-hydrogen) atoms. The zero-order chi connectivity index (χ0) is 17.9. The van der Waals surface area contributed by atoms with E-state index in [4.69, 9.17) is 9.15 Å². The van der Waals surface area contributed by atoms with Crippen molar-refractivity contribution in [3.63, 3.8) is 0 Å². The number of amides is 1. The number of rotatable bonds is 5. The average molecular weight is 370 g/mol. The smallest absolute Gasteiger partial charge is 0.227 e. The molecule has 0 unspecified atom stereocenters. The van der Waals surface area contributed by atoms with Crippen LogP contribution in [0.25, 0.3) is 11.0 Å². The third-order valence-corrected chi connectivity index (χ3v) is 5.75. The van der Waals surface area contributed by atoms with E-state index in [0.717, 1.165) is 55.0 Å². The maximum Gasteiger partial charge on any atom is 0.227 e. The Hall–Kier alpha value is -2.31. The second-order valence-electron chi connectivity index (χ2n) is 6.54. The van der Waals surface area contributed by atoms with Crippen LogP contribution >= 0.6 is 11.3 Å². The van der Waals surface area contributed by atoms with Crippen molar-refractivity contribution in [2.75, 3.05) is 33.3 Å². The fourth-order valence-corrected chi connectivity index (χ4v) is 4.13. The van der Waals surface area contributed by atoms with Crippen LogP contribution in [0, 0.1) is 0 Å². The Labute approximate surface area is 156 Å². The van der Waals surface area contributed by atoms with Gasteiger partial charge in [0.25, 0.3) is 0 Å². The van der Waals surface area contributed by atoms with Gasteiger partial charge in [0, 0.05) is 54.6 Å². The summed E-state index contributed by atoms with van der Waals surface area (Å²) in [4.78, 5) is 18.5. The first-order valence-electron chi connectivity index (χ1n) is 8.79. The molecular formula is C20H22N2O3S. The number of methoxy groups -OCH3 is 1. The maximum absolute atomic E-state index is 12.7. The van der Waals surface area contributed by atoms with E-state index in [1.54, 1.807) is 24.7 Å². The van der Waals surface area contributed by atoms with Gasteiger partial charge in [-0.1, -0.05) is 6.07 Å². The molecule has 1 aromatic carbocycles. The van der Waals surface area contributed by atoms with Crippen molar-refractivity contribution in [1.82, 2.24) is 9.80 Å². The number of hydrogen-bond acceptors (Lipinski definition) is 5. The van der Waals surface area contributed by atoms with E-state index in [2.05, 4.69) is 22.4 Å². The van der Waals surface area contributed by atoms with Crippen molar-refractivity contribution in [3.8, 4) is 5.75 Å². The Balaban J connectivity index is 1.35. The molecule has 0 N–H and O–H groups in total. The second-order valence-corrected chi connectivity index (χ2v) is 7.57. The molecule has 1 fully saturated rings. The lowest BCUT2D eigenvalue weighted by Gasteiger charge is -2.34. The van der Waals surface area contributed by atoms with Gasteiger partial charge < -0.3 is 14.1 Å². The highest BCUT2D eigenvalue weighted by molar-refractivity contribution is 7.09. The van der Waals surface area contributed by atoms with E-state index in [-0.39, 0.29) is 5.91 Å². The first-order valence-corrected chi connectivity index (χ1v) is 9.67. The molecule has 136 valence electrons. The number of ether oxygens (including phenoxy) is 1. The number of fused-ring (bicyclic) bond motifs is 1. The van der Waals surface area contributed by atoms with Crippen LogP contribution < -0.4 is 4.74 Å². The van der Waals surface area contributed by atoms with Crippen molar-refractivity contribution >= 4 is 28.2 Å². The summed E-state index contributed by atoms with van der Waals surface area (Å²) in [5, 5.41) is 3.09. The molecule has 1 saturated heterocycles. The van der Waals surface area contributed by atoms with Crippen molar-refractivity contribution < 1.29 is 13.9 Å². The normalized spacial score (nSPS) is 15.5. The zero-order valence-corrected chi connectivity index (χ0v) is 15.6. The number of nitrogens with zero attached hydrogens (tertiary/aromatic N) is 2. The Morgan fingerprint density at radius 1 is 1.23 bits per heavy atom. The maximum atomic E-state index is 12.7. The SMILES string of the molecule is COc1ccc2c(CC(=O)N3CCN(Cc4cccs4)CC3)coc2c1. The molecule has 3 aromatic rings. The van der Waals surface area contributed by atoms with Gasteiger partial charge in [0.05, 0.1) is 19.8 Å². The highest BCUT2D eigenvalue weighted by Gasteiger charge is 2.22. The Kier molecular flexibility index (Phi) is 4.95. The van der Waals surface area contributed by atoms with E-state index in [1.165, 1.54) is 4.88 Å². The van der Waals surface area contributed by atoms with Crippen molar-refractivity contribution in [1.29, 1.82) is 0 Å². The van der Waals surface area contributed by atoms with Crippen LogP contribution in [-0.2, 0) is 17.8 Å². The molecule has 1 amide bonds. The summed E-state index contributed by atoms with van der Waals surface area (Å²) in [6.07, 6.45) is 2.07. The minimum absolute atomic E-state index is 0.166. The highest BCUT2D eigenvalue weighted by atomic mass is 32.1. The van der Waals surface area contributed by atoms with E-state index in [1.807, 2.05) is 23.1 Å². The lowest BCUT2D eigenvalue weighted by atomic mass is 10.1. The number of benzene rings is 1.